The van der Waals surface area contributed by atoms with Crippen LogP contribution < -0.4 is 0 Å². The maximum absolute atomic E-state index is 9.77. The molecule has 0 saturated carbocycles. The average Bonchev–Trinajstić information content (AvgIpc) is 2.59. The van der Waals surface area contributed by atoms with Crippen LogP contribution in [0, 0.1) is 0 Å². The Hall–Kier alpha value is -0.320. The first-order chi connectivity index (χ1) is 6.55. The van der Waals surface area contributed by atoms with Crippen molar-refractivity contribution >= 4 is 15.9 Å². The smallest absolute Gasteiger partial charge is 0.169 e. The highest BCUT2D eigenvalue weighted by Crippen LogP contribution is 2.23. The summed E-state index contributed by atoms with van der Waals surface area (Å²) in [7, 11) is 0. The summed E-state index contributed by atoms with van der Waals surface area (Å²) >= 11 is 3.27. The van der Waals surface area contributed by atoms with Crippen LogP contribution in [0.5, 0.6) is 0 Å². The van der Waals surface area contributed by atoms with Crippen LogP contribution in [0.15, 0.2) is 21.2 Å². The van der Waals surface area contributed by atoms with Crippen molar-refractivity contribution in [2.24, 2.45) is 0 Å². The Bertz CT molecular complexity index is 322. The molecule has 4 heteroatoms. The van der Waals surface area contributed by atoms with Crippen LogP contribution in [-0.2, 0) is 6.54 Å². The molecule has 1 fully saturated rings. The topological polar surface area (TPSA) is 36.6 Å². The summed E-state index contributed by atoms with van der Waals surface area (Å²) in [6.45, 7) is 4.32. The van der Waals surface area contributed by atoms with E-state index in [1.807, 2.05) is 19.1 Å². The van der Waals surface area contributed by atoms with Crippen LogP contribution in [0.4, 0.5) is 0 Å². The van der Waals surface area contributed by atoms with Crippen molar-refractivity contribution in [3.63, 3.8) is 0 Å². The van der Waals surface area contributed by atoms with Gasteiger partial charge in [0.2, 0.25) is 0 Å². The van der Waals surface area contributed by atoms with Gasteiger partial charge in [-0.3, -0.25) is 4.90 Å². The molecule has 1 saturated heterocycles. The number of nitrogens with zero attached hydrogens (tertiary/aromatic N) is 1. The molecule has 2 rings (SSSR count). The van der Waals surface area contributed by atoms with Crippen LogP contribution in [0.3, 0.4) is 0 Å². The fourth-order valence-electron chi connectivity index (χ4n) is 1.83. The second-order valence-electron chi connectivity index (χ2n) is 4.16. The summed E-state index contributed by atoms with van der Waals surface area (Å²) in [5.41, 5.74) is -0.524. The van der Waals surface area contributed by atoms with E-state index in [4.69, 9.17) is 4.42 Å². The summed E-state index contributed by atoms with van der Waals surface area (Å²) in [6.07, 6.45) is 0.842. The molecule has 3 nitrogen and oxygen atoms in total. The molecule has 0 aromatic carbocycles. The third kappa shape index (κ3) is 2.38. The highest BCUT2D eigenvalue weighted by Gasteiger charge is 2.31. The van der Waals surface area contributed by atoms with E-state index in [-0.39, 0.29) is 0 Å². The minimum atomic E-state index is -0.524. The van der Waals surface area contributed by atoms with Crippen LogP contribution >= 0.6 is 15.9 Å². The SMILES string of the molecule is CC1(O)CCN(Cc2ccc(Br)o2)C1. The molecular weight excluding hydrogens is 246 g/mol. The molecule has 0 spiro atoms. The largest absolute Gasteiger partial charge is 0.453 e. The van der Waals surface area contributed by atoms with E-state index in [0.29, 0.717) is 0 Å². The Labute approximate surface area is 91.8 Å². The first-order valence-electron chi connectivity index (χ1n) is 4.74. The van der Waals surface area contributed by atoms with Crippen molar-refractivity contribution in [3.8, 4) is 0 Å². The number of hydrogen-bond donors (Lipinski definition) is 1. The molecular formula is C10H14BrNO2. The Morgan fingerprint density at radius 2 is 2.43 bits per heavy atom. The number of hydrogen-bond acceptors (Lipinski definition) is 3. The molecule has 1 aliphatic heterocycles. The predicted molar refractivity (Wildman–Crippen MR) is 56.9 cm³/mol. The van der Waals surface area contributed by atoms with E-state index < -0.39 is 5.60 Å². The summed E-state index contributed by atoms with van der Waals surface area (Å²) in [5.74, 6) is 0.939. The quantitative estimate of drug-likeness (QED) is 0.883. The molecule has 0 aliphatic carbocycles. The lowest BCUT2D eigenvalue weighted by Crippen LogP contribution is -2.29. The normalized spacial score (nSPS) is 28.5. The Kier molecular flexibility index (Phi) is 2.68. The minimum absolute atomic E-state index is 0.524. The van der Waals surface area contributed by atoms with Crippen LogP contribution in [0.2, 0.25) is 0 Å². The zero-order chi connectivity index (χ0) is 10.2. The van der Waals surface area contributed by atoms with Gasteiger partial charge in [0.25, 0.3) is 0 Å². The molecule has 0 amide bonds. The molecule has 14 heavy (non-hydrogen) atoms. The van der Waals surface area contributed by atoms with Gasteiger partial charge in [-0.25, -0.2) is 0 Å². The van der Waals surface area contributed by atoms with Gasteiger partial charge >= 0.3 is 0 Å². The molecule has 1 aliphatic rings. The number of furan rings is 1. The second kappa shape index (κ2) is 3.68. The molecule has 1 atom stereocenters. The zero-order valence-corrected chi connectivity index (χ0v) is 9.75. The predicted octanol–water partition coefficient (Wildman–Crippen LogP) is 2.00. The third-order valence-corrected chi connectivity index (χ3v) is 2.97. The summed E-state index contributed by atoms with van der Waals surface area (Å²) in [6, 6.07) is 3.85. The highest BCUT2D eigenvalue weighted by atomic mass is 79.9. The van der Waals surface area contributed by atoms with Gasteiger partial charge < -0.3 is 9.52 Å². The van der Waals surface area contributed by atoms with Crippen molar-refractivity contribution in [3.05, 3.63) is 22.6 Å². The third-order valence-electron chi connectivity index (χ3n) is 2.54. The van der Waals surface area contributed by atoms with Gasteiger partial charge in [0.15, 0.2) is 4.67 Å². The number of halogens is 1. The lowest BCUT2D eigenvalue weighted by Gasteiger charge is -2.17. The molecule has 1 N–H and O–H groups in total. The molecule has 78 valence electrons. The van der Waals surface area contributed by atoms with Gasteiger partial charge in [0.1, 0.15) is 5.76 Å². The van der Waals surface area contributed by atoms with Crippen LogP contribution in [0.1, 0.15) is 19.1 Å². The van der Waals surface area contributed by atoms with Gasteiger partial charge in [0, 0.05) is 13.1 Å². The first kappa shape index (κ1) is 10.2. The van der Waals surface area contributed by atoms with E-state index in [1.165, 1.54) is 0 Å². The average molecular weight is 260 g/mol. The van der Waals surface area contributed by atoms with Gasteiger partial charge in [-0.1, -0.05) is 0 Å². The summed E-state index contributed by atoms with van der Waals surface area (Å²) < 4.78 is 6.17. The lowest BCUT2D eigenvalue weighted by molar-refractivity contribution is 0.0670. The molecule has 0 radical (unpaired) electrons. The maximum atomic E-state index is 9.77. The van der Waals surface area contributed by atoms with E-state index in [1.54, 1.807) is 0 Å². The fourth-order valence-corrected chi connectivity index (χ4v) is 2.17. The van der Waals surface area contributed by atoms with Crippen molar-refractivity contribution in [2.75, 3.05) is 13.1 Å². The number of rotatable bonds is 2. The van der Waals surface area contributed by atoms with Gasteiger partial charge in [-0.15, -0.1) is 0 Å². The van der Waals surface area contributed by atoms with E-state index in [0.717, 1.165) is 36.5 Å². The Balaban J connectivity index is 1.94. The molecule has 1 unspecified atom stereocenters. The van der Waals surface area contributed by atoms with E-state index >= 15 is 0 Å². The van der Waals surface area contributed by atoms with Crippen molar-refractivity contribution in [1.82, 2.24) is 4.90 Å². The van der Waals surface area contributed by atoms with E-state index in [2.05, 4.69) is 20.8 Å². The number of β-amino-alcohol motifs (C(OH)–C–C–N with tert-alkyl or cyclic N) is 1. The molecule has 2 heterocycles. The number of aliphatic hydroxyl groups is 1. The standard InChI is InChI=1S/C10H14BrNO2/c1-10(13)4-5-12(7-10)6-8-2-3-9(11)14-8/h2-3,13H,4-7H2,1H3. The Morgan fingerprint density at radius 3 is 2.93 bits per heavy atom. The van der Waals surface area contributed by atoms with Crippen molar-refractivity contribution in [2.45, 2.75) is 25.5 Å². The van der Waals surface area contributed by atoms with Crippen LogP contribution in [-0.4, -0.2) is 28.7 Å². The summed E-state index contributed by atoms with van der Waals surface area (Å²) in [5, 5.41) is 9.77. The van der Waals surface area contributed by atoms with Gasteiger partial charge in [-0.05, 0) is 41.4 Å². The lowest BCUT2D eigenvalue weighted by atomic mass is 10.1. The molecule has 1 aromatic rings. The highest BCUT2D eigenvalue weighted by molar-refractivity contribution is 9.10. The van der Waals surface area contributed by atoms with Crippen molar-refractivity contribution in [1.29, 1.82) is 0 Å². The molecule has 1 aromatic heterocycles. The van der Waals surface area contributed by atoms with Gasteiger partial charge in [0.05, 0.1) is 12.1 Å². The fraction of sp³-hybridized carbons (Fsp3) is 0.600. The monoisotopic (exact) mass is 259 g/mol. The second-order valence-corrected chi connectivity index (χ2v) is 4.94. The summed E-state index contributed by atoms with van der Waals surface area (Å²) in [4.78, 5) is 2.20. The van der Waals surface area contributed by atoms with E-state index in [9.17, 15) is 5.11 Å². The molecule has 0 bridgehead atoms. The zero-order valence-electron chi connectivity index (χ0n) is 8.16. The van der Waals surface area contributed by atoms with Crippen molar-refractivity contribution < 1.29 is 9.52 Å². The maximum Gasteiger partial charge on any atom is 0.169 e. The van der Waals surface area contributed by atoms with Gasteiger partial charge in [-0.2, -0.15) is 0 Å². The first-order valence-corrected chi connectivity index (χ1v) is 5.53. The Morgan fingerprint density at radius 1 is 1.64 bits per heavy atom. The number of likely N-dealkylation sites (tertiary alicyclic amines) is 1. The van der Waals surface area contributed by atoms with Crippen LogP contribution in [0.25, 0.3) is 0 Å². The minimum Gasteiger partial charge on any atom is -0.453 e.